The molecule has 6 heteroatoms. The molecule has 1 rings (SSSR count). The molecule has 3 nitrogen and oxygen atoms in total. The summed E-state index contributed by atoms with van der Waals surface area (Å²) in [6.45, 7) is 7.07. The number of aliphatic hydroxyl groups is 1. The van der Waals surface area contributed by atoms with Gasteiger partial charge >= 0.3 is 0 Å². The van der Waals surface area contributed by atoms with E-state index in [1.54, 1.807) is 0 Å². The number of hydrogen-bond acceptors (Lipinski definition) is 2. The third kappa shape index (κ3) is 3.10. The zero-order chi connectivity index (χ0) is 15.6. The van der Waals surface area contributed by atoms with Crippen LogP contribution in [0.25, 0.3) is 0 Å². The molecule has 20 heavy (non-hydrogen) atoms. The second-order valence-corrected chi connectivity index (χ2v) is 7.65. The molecular weight excluding hydrogens is 247 g/mol. The van der Waals surface area contributed by atoms with E-state index < -0.39 is 5.60 Å². The van der Waals surface area contributed by atoms with E-state index in [1.807, 2.05) is 28.4 Å². The first-order valence-corrected chi connectivity index (χ1v) is 8.17. The Balaban J connectivity index is 3.04. The van der Waals surface area contributed by atoms with Gasteiger partial charge in [-0.25, -0.2) is 0 Å². The summed E-state index contributed by atoms with van der Waals surface area (Å²) in [5.41, 5.74) is -1.47. The van der Waals surface area contributed by atoms with Crippen LogP contribution in [-0.2, 0) is 4.79 Å². The van der Waals surface area contributed by atoms with Crippen LogP contribution in [0.3, 0.4) is 0 Å². The van der Waals surface area contributed by atoms with E-state index in [4.69, 9.17) is 0 Å². The summed E-state index contributed by atoms with van der Waals surface area (Å²) in [5.74, 6) is -0.0583. The largest absolute Gasteiger partial charge is 0.379 e. The van der Waals surface area contributed by atoms with Gasteiger partial charge in [0.2, 0.25) is 0 Å². The number of carbonyl (C=O) groups is 1. The van der Waals surface area contributed by atoms with Gasteiger partial charge in [0.1, 0.15) is 29.1 Å². The minimum Gasteiger partial charge on any atom is -0.379 e. The monoisotopic (exact) mass is 277 g/mol. The van der Waals surface area contributed by atoms with Crippen LogP contribution < -0.4 is 0 Å². The normalized spacial score (nSPS) is 26.8. The fourth-order valence-corrected chi connectivity index (χ4v) is 3.56. The van der Waals surface area contributed by atoms with E-state index in [0.29, 0.717) is 13.0 Å². The third-order valence-corrected chi connectivity index (χ3v) is 4.99. The molecule has 1 aliphatic rings. The molecule has 1 N–H and O–H groups in total. The lowest BCUT2D eigenvalue weighted by Crippen LogP contribution is -2.58. The van der Waals surface area contributed by atoms with Crippen LogP contribution >= 0.6 is 0 Å². The molecule has 2 unspecified atom stereocenters. The number of amides is 1. The zero-order valence-corrected chi connectivity index (χ0v) is 14.3. The number of likely N-dealkylation sites (tertiary alicyclic amines) is 1. The van der Waals surface area contributed by atoms with Crippen LogP contribution in [0.15, 0.2) is 0 Å². The van der Waals surface area contributed by atoms with Gasteiger partial charge in [0.05, 0.1) is 0 Å². The molecule has 2 atom stereocenters. The first-order valence-electron chi connectivity index (χ1n) is 8.17. The highest BCUT2D eigenvalue weighted by atomic mass is 16.3. The molecule has 112 valence electrons. The van der Waals surface area contributed by atoms with Crippen LogP contribution in [0, 0.1) is 5.41 Å². The molecule has 1 fully saturated rings. The SMILES string of the molecule is BC(B)(B)N1CCC(O)(C(C)(CCC)CCCC)C1=O. The molecule has 0 aromatic rings. The molecule has 1 heterocycles. The van der Waals surface area contributed by atoms with Crippen molar-refractivity contribution in [2.24, 2.45) is 5.41 Å². The molecule has 1 amide bonds. The molecule has 0 bridgehead atoms. The lowest BCUT2D eigenvalue weighted by molar-refractivity contribution is -0.158. The van der Waals surface area contributed by atoms with E-state index in [0.717, 1.165) is 32.1 Å². The van der Waals surface area contributed by atoms with Crippen LogP contribution in [0.1, 0.15) is 59.3 Å². The fraction of sp³-hybridized carbons (Fsp3) is 0.929. The summed E-state index contributed by atoms with van der Waals surface area (Å²) in [6.07, 6.45) is 5.59. The molecule has 1 aliphatic heterocycles. The highest BCUT2D eigenvalue weighted by Gasteiger charge is 2.57. The predicted octanol–water partition coefficient (Wildman–Crippen LogP) is -0.543. The topological polar surface area (TPSA) is 40.5 Å². The molecule has 1 saturated heterocycles. The predicted molar refractivity (Wildman–Crippen MR) is 92.2 cm³/mol. The van der Waals surface area contributed by atoms with Crippen LogP contribution in [0.4, 0.5) is 0 Å². The van der Waals surface area contributed by atoms with Crippen molar-refractivity contribution < 1.29 is 9.90 Å². The molecule has 0 aromatic heterocycles. The van der Waals surface area contributed by atoms with Gasteiger partial charge in [-0.15, -0.1) is 0 Å². The summed E-state index contributed by atoms with van der Waals surface area (Å²) in [5, 5.41) is 11.0. The number of rotatable bonds is 7. The number of nitrogens with zero attached hydrogens (tertiary/aromatic N) is 1. The molecule has 0 spiro atoms. The van der Waals surface area contributed by atoms with Crippen molar-refractivity contribution in [1.29, 1.82) is 0 Å². The van der Waals surface area contributed by atoms with Crippen molar-refractivity contribution >= 4 is 29.4 Å². The van der Waals surface area contributed by atoms with Gasteiger partial charge in [0, 0.05) is 18.4 Å². The molecule has 0 saturated carbocycles. The highest BCUT2D eigenvalue weighted by Crippen LogP contribution is 2.47. The van der Waals surface area contributed by atoms with Crippen LogP contribution in [0.2, 0.25) is 0 Å². The van der Waals surface area contributed by atoms with E-state index in [-0.39, 0.29) is 16.6 Å². The van der Waals surface area contributed by atoms with E-state index in [9.17, 15) is 9.90 Å². The third-order valence-electron chi connectivity index (χ3n) is 4.99. The summed E-state index contributed by atoms with van der Waals surface area (Å²) in [6, 6.07) is 0. The van der Waals surface area contributed by atoms with Gasteiger partial charge < -0.3 is 10.0 Å². The Bertz CT molecular complexity index is 359. The Labute approximate surface area is 127 Å². The van der Waals surface area contributed by atoms with E-state index in [1.165, 1.54) is 0 Å². The maximum atomic E-state index is 12.8. The highest BCUT2D eigenvalue weighted by molar-refractivity contribution is 6.59. The quantitative estimate of drug-likeness (QED) is 0.635. The fourth-order valence-electron chi connectivity index (χ4n) is 3.56. The minimum atomic E-state index is -1.18. The summed E-state index contributed by atoms with van der Waals surface area (Å²) in [7, 11) is 6.12. The van der Waals surface area contributed by atoms with Gasteiger partial charge in [0.25, 0.3) is 5.91 Å². The average Bonchev–Trinajstić information content (AvgIpc) is 2.65. The lowest BCUT2D eigenvalue weighted by Gasteiger charge is -2.43. The standard InChI is InChI=1S/C14H30B3NO2/c1-4-6-8-12(3,7-5-2)13(20)9-10-18(11(13)19)14(15,16)17/h20H,4-10,15-17H2,1-3H3. The molecule has 0 aromatic carbocycles. The van der Waals surface area contributed by atoms with Crippen molar-refractivity contribution in [3.8, 4) is 0 Å². The van der Waals surface area contributed by atoms with Crippen molar-refractivity contribution in [3.63, 3.8) is 0 Å². The Morgan fingerprint density at radius 3 is 2.25 bits per heavy atom. The van der Waals surface area contributed by atoms with Crippen LogP contribution in [0.5, 0.6) is 0 Å². The van der Waals surface area contributed by atoms with E-state index in [2.05, 4.69) is 20.8 Å². The van der Waals surface area contributed by atoms with Gasteiger partial charge in [-0.2, -0.15) is 0 Å². The maximum Gasteiger partial charge on any atom is 0.253 e. The Morgan fingerprint density at radius 2 is 1.85 bits per heavy atom. The first kappa shape index (κ1) is 17.7. The molecule has 0 radical (unpaired) electrons. The van der Waals surface area contributed by atoms with Crippen molar-refractivity contribution in [3.05, 3.63) is 0 Å². The van der Waals surface area contributed by atoms with Crippen molar-refractivity contribution in [2.75, 3.05) is 6.54 Å². The zero-order valence-electron chi connectivity index (χ0n) is 14.3. The smallest absolute Gasteiger partial charge is 0.253 e. The summed E-state index contributed by atoms with van der Waals surface area (Å²) >= 11 is 0. The van der Waals surface area contributed by atoms with Gasteiger partial charge in [-0.1, -0.05) is 40.0 Å². The Kier molecular flexibility index (Phi) is 5.45. The minimum absolute atomic E-state index is 0.0583. The van der Waals surface area contributed by atoms with Gasteiger partial charge in [-0.05, 0) is 18.1 Å². The Morgan fingerprint density at radius 1 is 1.25 bits per heavy atom. The second kappa shape index (κ2) is 6.17. The van der Waals surface area contributed by atoms with Crippen LogP contribution in [-0.4, -0.2) is 56.8 Å². The first-order chi connectivity index (χ1) is 9.12. The maximum absolute atomic E-state index is 12.8. The lowest BCUT2D eigenvalue weighted by atomic mass is 9.48. The van der Waals surface area contributed by atoms with Gasteiger partial charge in [-0.3, -0.25) is 4.79 Å². The molecular formula is C14H30B3NO2. The number of unbranched alkanes of at least 4 members (excludes halogenated alkanes) is 1. The van der Waals surface area contributed by atoms with Gasteiger partial charge in [0.15, 0.2) is 0 Å². The second-order valence-electron chi connectivity index (χ2n) is 7.65. The number of carbonyl (C=O) groups excluding carboxylic acids is 1. The van der Waals surface area contributed by atoms with Crippen molar-refractivity contribution in [1.82, 2.24) is 4.90 Å². The Hall–Kier alpha value is -0.375. The van der Waals surface area contributed by atoms with E-state index >= 15 is 0 Å². The molecule has 0 aliphatic carbocycles. The number of hydrogen-bond donors (Lipinski definition) is 1. The summed E-state index contributed by atoms with van der Waals surface area (Å²) in [4.78, 5) is 14.7. The van der Waals surface area contributed by atoms with Crippen molar-refractivity contribution in [2.45, 2.75) is 70.1 Å². The average molecular weight is 277 g/mol. The summed E-state index contributed by atoms with van der Waals surface area (Å²) < 4.78 is 0.